The van der Waals surface area contributed by atoms with E-state index in [2.05, 4.69) is 4.99 Å². The van der Waals surface area contributed by atoms with Crippen molar-refractivity contribution in [3.63, 3.8) is 0 Å². The fourth-order valence-electron chi connectivity index (χ4n) is 10.6. The Balaban J connectivity index is 1.09. The van der Waals surface area contributed by atoms with Crippen molar-refractivity contribution in [3.05, 3.63) is 0 Å². The lowest BCUT2D eigenvalue weighted by Gasteiger charge is -2.50. The summed E-state index contributed by atoms with van der Waals surface area (Å²) in [5.74, 6) is -0.542. The largest absolute Gasteiger partial charge is 0.394 e. The van der Waals surface area contributed by atoms with Gasteiger partial charge in [-0.2, -0.15) is 0 Å². The van der Waals surface area contributed by atoms with Crippen molar-refractivity contribution in [1.82, 2.24) is 0 Å². The highest BCUT2D eigenvalue weighted by Crippen LogP contribution is 2.39. The van der Waals surface area contributed by atoms with Crippen molar-refractivity contribution < 1.29 is 168 Å². The average Bonchev–Trinajstić information content (AvgIpc) is 3.54. The van der Waals surface area contributed by atoms with Crippen molar-refractivity contribution in [2.24, 2.45) is 16.5 Å². The second kappa shape index (κ2) is 27.1. The molecule has 21 fully saturated rings. The lowest BCUT2D eigenvalue weighted by Crippen LogP contribution is -2.68. The molecular weight excluding hydrogens is 1100 g/mol. The van der Waals surface area contributed by atoms with Gasteiger partial charge in [-0.15, -0.1) is 0 Å². The number of aliphatic hydroxyl groups is 20. The monoisotopic (exact) mass is 1180 g/mol. The average molecular weight is 1180 g/mol. The zero-order chi connectivity index (χ0) is 58.3. The van der Waals surface area contributed by atoms with E-state index in [4.69, 9.17) is 77.8 Å². The van der Waals surface area contributed by atoms with Gasteiger partial charge in [0.15, 0.2) is 50.0 Å². The van der Waals surface area contributed by atoms with Gasteiger partial charge < -0.3 is 180 Å². The number of nitrogens with two attached hydrogens (primary N) is 2. The second-order valence-corrected chi connectivity index (χ2v) is 20.2. The summed E-state index contributed by atoms with van der Waals surface area (Å²) < 4.78 is 80.3. The molecule has 21 rings (SSSR count). The predicted octanol–water partition coefficient (Wildman–Crippen LogP) is -15.9. The maximum atomic E-state index is 11.6. The Hall–Kier alpha value is -2.09. The number of rotatable bonds is 8. The van der Waals surface area contributed by atoms with Gasteiger partial charge in [0, 0.05) is 0 Å². The summed E-state index contributed by atoms with van der Waals surface area (Å²) in [6.45, 7) is -6.94. The van der Waals surface area contributed by atoms with E-state index in [1.807, 2.05) is 0 Å². The molecule has 0 spiro atoms. The molecule has 0 aromatic heterocycles. The third kappa shape index (κ3) is 12.7. The topological polar surface area (TPSA) is 598 Å². The van der Waals surface area contributed by atoms with Gasteiger partial charge in [-0.25, -0.2) is 0 Å². The highest BCUT2D eigenvalue weighted by Gasteiger charge is 2.59. The smallest absolute Gasteiger partial charge is 0.187 e. The van der Waals surface area contributed by atoms with Crippen LogP contribution in [0.4, 0.5) is 0 Å². The highest BCUT2D eigenvalue weighted by molar-refractivity contribution is 5.75. The van der Waals surface area contributed by atoms with E-state index in [9.17, 15) is 102 Å². The van der Waals surface area contributed by atoms with E-state index in [1.165, 1.54) is 0 Å². The summed E-state index contributed by atoms with van der Waals surface area (Å²) in [6, 6.07) is 0. The van der Waals surface area contributed by atoms with Crippen LogP contribution in [-0.2, 0) is 66.3 Å². The van der Waals surface area contributed by atoms with Gasteiger partial charge >= 0.3 is 0 Å². The molecule has 0 amide bonds. The maximum Gasteiger partial charge on any atom is 0.187 e. The van der Waals surface area contributed by atoms with Gasteiger partial charge in [-0.05, 0) is 0 Å². The molecule has 21 aliphatic heterocycles. The van der Waals surface area contributed by atoms with Gasteiger partial charge in [0.25, 0.3) is 0 Å². The van der Waals surface area contributed by atoms with E-state index in [1.54, 1.807) is 0 Å². The lowest BCUT2D eigenvalue weighted by molar-refractivity contribution is -0.396. The van der Waals surface area contributed by atoms with Crippen molar-refractivity contribution in [2.75, 3.05) is 46.2 Å². The maximum absolute atomic E-state index is 11.6. The number of nitrogens with zero attached hydrogens (tertiary/aromatic N) is 1. The fraction of sp³-hybridized carbons (Fsp3) is 0.977. The minimum absolute atomic E-state index is 0.542. The van der Waals surface area contributed by atoms with Crippen LogP contribution in [0.3, 0.4) is 0 Å². The van der Waals surface area contributed by atoms with Crippen LogP contribution in [0, 0.1) is 0 Å². The molecule has 21 saturated heterocycles. The van der Waals surface area contributed by atoms with Crippen molar-refractivity contribution in [1.29, 1.82) is 0 Å². The van der Waals surface area contributed by atoms with Crippen molar-refractivity contribution >= 4 is 5.96 Å². The number of aliphatic imine (C=N–C) groups is 1. The molecule has 0 aromatic carbocycles. The van der Waals surface area contributed by atoms with Gasteiger partial charge in [0.05, 0.1) is 46.2 Å². The van der Waals surface area contributed by atoms with Crippen molar-refractivity contribution in [2.45, 2.75) is 215 Å². The van der Waals surface area contributed by atoms with Crippen LogP contribution in [-0.4, -0.2) is 369 Å². The molecule has 0 saturated carbocycles. The molecule has 0 unspecified atom stereocenters. The van der Waals surface area contributed by atoms with E-state index in [0.29, 0.717) is 0 Å². The predicted molar refractivity (Wildman–Crippen MR) is 242 cm³/mol. The summed E-state index contributed by atoms with van der Waals surface area (Å²) >= 11 is 0. The number of hydrogen-bond donors (Lipinski definition) is 22. The van der Waals surface area contributed by atoms with E-state index < -0.39 is 267 Å². The molecule has 37 heteroatoms. The number of ether oxygens (including phenoxy) is 14. The van der Waals surface area contributed by atoms with Gasteiger partial charge in [-0.3, -0.25) is 4.99 Å². The quantitative estimate of drug-likeness (QED) is 0.0793. The molecule has 0 aliphatic carbocycles. The first-order valence-corrected chi connectivity index (χ1v) is 25.4. The lowest BCUT2D eigenvalue weighted by atomic mass is 9.95. The minimum atomic E-state index is -2.22. The van der Waals surface area contributed by atoms with Crippen molar-refractivity contribution in [3.8, 4) is 0 Å². The molecule has 0 aromatic rings. The molecule has 24 N–H and O–H groups in total. The number of hydrogen-bond acceptors (Lipinski definition) is 35. The Bertz CT molecular complexity index is 1960. The Kier molecular flexibility index (Phi) is 21.6. The molecule has 21 heterocycles. The van der Waals surface area contributed by atoms with E-state index in [0.717, 1.165) is 0 Å². The van der Waals surface area contributed by atoms with Crippen LogP contribution < -0.4 is 11.5 Å². The van der Waals surface area contributed by atoms with Crippen LogP contribution in [0.15, 0.2) is 4.99 Å². The standard InChI is InChI=1S/C43H73N3O34/c44-43(45)46-1-8-29-15(53)22(60)36(67-8)75-30-9(2-47)69-38(24(62)17(30)55)77-32-11(4-49)71-40(26(64)19(32)57)79-34-13(6-51)73-42(28(66)21(34)59)80-35-14(7-52)72-41(27(65)20(35)58)78-33-12(5-50)70-39(25(63)18(33)56)76-31-10(3-48)68-37(74-29)23(61)16(31)54/h8-42,47-66H,1-7H2,(H4,44,45,46)/t8-,9-,10-,11-,12-,13-,14-,15-,16-,17-,18-,19-,20-,21-,22-,23-,24-,25-,26-,27-,28-,29-,30-,31-,32-,33-,34-,35-,36-,37-,38-,39-,40-,41-,42-/m1/s1. The first kappa shape index (κ1) is 63.9. The molecule has 0 radical (unpaired) electrons. The minimum Gasteiger partial charge on any atom is -0.394 e. The van der Waals surface area contributed by atoms with Crippen LogP contribution >= 0.6 is 0 Å². The number of guanidine groups is 1. The normalized spacial score (nSPS) is 53.6. The summed E-state index contributed by atoms with van der Waals surface area (Å²) in [4.78, 5) is 3.85. The molecule has 80 heavy (non-hydrogen) atoms. The zero-order valence-corrected chi connectivity index (χ0v) is 41.9. The molecule has 464 valence electrons. The Labute approximate surface area is 451 Å². The summed E-state index contributed by atoms with van der Waals surface area (Å²) in [5, 5.41) is 221. The molecule has 21 aliphatic rings. The van der Waals surface area contributed by atoms with Gasteiger partial charge in [0.2, 0.25) is 0 Å². The molecular formula is C43H73N3O34. The summed E-state index contributed by atoms with van der Waals surface area (Å²) in [5.41, 5.74) is 11.1. The van der Waals surface area contributed by atoms with E-state index in [-0.39, 0.29) is 0 Å². The zero-order valence-electron chi connectivity index (χ0n) is 41.9. The van der Waals surface area contributed by atoms with Crippen LogP contribution in [0.1, 0.15) is 0 Å². The van der Waals surface area contributed by atoms with Gasteiger partial charge in [-0.1, -0.05) is 0 Å². The highest BCUT2D eigenvalue weighted by atomic mass is 16.8. The number of aliphatic hydroxyl groups excluding tert-OH is 20. The Morgan fingerprint density at radius 1 is 0.237 bits per heavy atom. The van der Waals surface area contributed by atoms with E-state index >= 15 is 0 Å². The Morgan fingerprint density at radius 3 is 0.537 bits per heavy atom. The molecule has 35 atom stereocenters. The Morgan fingerprint density at radius 2 is 0.388 bits per heavy atom. The first-order valence-electron chi connectivity index (χ1n) is 25.4. The van der Waals surface area contributed by atoms with Gasteiger partial charge in [0.1, 0.15) is 171 Å². The summed E-state index contributed by atoms with van der Waals surface area (Å²) in [7, 11) is 0. The SMILES string of the molecule is NC(N)=NC[C@H]1O[C@@H]2O[C@H]3[C@H](O)[C@@H](O)[C@@H](O[C@H]4[C@H](O)[C@@H](O)[C@@H](O[C@H]5[C@H](O)[C@@H](O)[C@@H](O[C@H]6[C@H](O)[C@@H](O)[C@@H](O[C@H]7[C@H](O)[C@@H](O)[C@@H](O[C@H]8[C@H](O)[C@@H](O)[C@@H](O[C@H]1[C@H](O)[C@H]2O)O[C@@H]8CO)O[C@@H]7CO)O[C@@H]6CO)O[C@@H]5CO)O[C@@H]4CO)O[C@@H]3CO. The third-order valence-electron chi connectivity index (χ3n) is 15.1. The van der Waals surface area contributed by atoms with Crippen LogP contribution in [0.25, 0.3) is 0 Å². The third-order valence-corrected chi connectivity index (χ3v) is 15.1. The fourth-order valence-corrected chi connectivity index (χ4v) is 10.6. The molecule has 14 bridgehead atoms. The summed E-state index contributed by atoms with van der Waals surface area (Å²) in [6.07, 6.45) is -70.3. The second-order valence-electron chi connectivity index (χ2n) is 20.2. The van der Waals surface area contributed by atoms with Crippen LogP contribution in [0.5, 0.6) is 0 Å². The molecule has 37 nitrogen and oxygen atoms in total. The van der Waals surface area contributed by atoms with Crippen LogP contribution in [0.2, 0.25) is 0 Å². The first-order chi connectivity index (χ1) is 38.0.